The number of likely N-dealkylation sites (N-methyl/N-ethyl adjacent to an activating group) is 1. The highest BCUT2D eigenvalue weighted by atomic mass is 16.3. The van der Waals surface area contributed by atoms with Gasteiger partial charge in [-0.05, 0) is 24.6 Å². The van der Waals surface area contributed by atoms with E-state index in [1.165, 1.54) is 6.39 Å². The number of pyridine rings is 1. The van der Waals surface area contributed by atoms with Crippen molar-refractivity contribution in [2.45, 2.75) is 6.42 Å². The van der Waals surface area contributed by atoms with E-state index in [4.69, 9.17) is 4.42 Å². The quantitative estimate of drug-likeness (QED) is 0.703. The summed E-state index contributed by atoms with van der Waals surface area (Å²) >= 11 is 0. The molecule has 0 amide bonds. The number of fused-ring (bicyclic) bond motifs is 1. The second kappa shape index (κ2) is 7.35. The standard InChI is InChI=1S/C20H22N4O2/c1-23-4-6-24(7-5-23)13-19(25)10-18-9-17-8-15(20-12-21-14-26-20)2-3-16(17)11-22-18/h2-3,8-9,11-12,14H,4-7,10,13H2,1H3. The molecule has 26 heavy (non-hydrogen) atoms. The zero-order chi connectivity index (χ0) is 17.9. The Balaban J connectivity index is 1.47. The number of Topliss-reactive ketones (excluding diaryl/α,β-unsaturated/α-hetero) is 1. The SMILES string of the molecule is CN1CCN(CC(=O)Cc2cc3cc(-c4cnco4)ccc3cn2)CC1. The predicted octanol–water partition coefficient (Wildman–Crippen LogP) is 2.25. The lowest BCUT2D eigenvalue weighted by Gasteiger charge is -2.31. The normalized spacial score (nSPS) is 16.2. The van der Waals surface area contributed by atoms with Crippen LogP contribution in [0, 0.1) is 0 Å². The molecule has 0 atom stereocenters. The minimum atomic E-state index is 0.216. The van der Waals surface area contributed by atoms with Crippen molar-refractivity contribution < 1.29 is 9.21 Å². The summed E-state index contributed by atoms with van der Waals surface area (Å²) in [5.74, 6) is 0.948. The molecule has 1 aliphatic rings. The number of rotatable bonds is 5. The first-order chi connectivity index (χ1) is 12.7. The number of piperazine rings is 1. The van der Waals surface area contributed by atoms with E-state index in [1.807, 2.05) is 30.5 Å². The lowest BCUT2D eigenvalue weighted by Crippen LogP contribution is -2.46. The first kappa shape index (κ1) is 16.9. The molecule has 3 aromatic rings. The van der Waals surface area contributed by atoms with Gasteiger partial charge in [-0.15, -0.1) is 0 Å². The molecule has 3 heterocycles. The van der Waals surface area contributed by atoms with E-state index in [0.717, 1.165) is 54.0 Å². The molecule has 0 N–H and O–H groups in total. The van der Waals surface area contributed by atoms with Crippen LogP contribution in [0.1, 0.15) is 5.69 Å². The van der Waals surface area contributed by atoms with Crippen LogP contribution in [0.25, 0.3) is 22.1 Å². The molecule has 0 unspecified atom stereocenters. The van der Waals surface area contributed by atoms with Gasteiger partial charge in [-0.25, -0.2) is 4.98 Å². The highest BCUT2D eigenvalue weighted by Gasteiger charge is 2.17. The fourth-order valence-corrected chi connectivity index (χ4v) is 3.31. The largest absolute Gasteiger partial charge is 0.444 e. The van der Waals surface area contributed by atoms with Gasteiger partial charge < -0.3 is 9.32 Å². The molecule has 1 aliphatic heterocycles. The van der Waals surface area contributed by atoms with E-state index in [9.17, 15) is 4.79 Å². The molecule has 6 heteroatoms. The number of carbonyl (C=O) groups is 1. The molecular formula is C20H22N4O2. The van der Waals surface area contributed by atoms with Crippen LogP contribution in [0.2, 0.25) is 0 Å². The van der Waals surface area contributed by atoms with Crippen LogP contribution >= 0.6 is 0 Å². The summed E-state index contributed by atoms with van der Waals surface area (Å²) in [6.07, 6.45) is 5.32. The minimum Gasteiger partial charge on any atom is -0.444 e. The summed E-state index contributed by atoms with van der Waals surface area (Å²) in [5, 5.41) is 2.10. The maximum atomic E-state index is 12.4. The van der Waals surface area contributed by atoms with Gasteiger partial charge in [0.15, 0.2) is 17.9 Å². The Labute approximate surface area is 152 Å². The lowest BCUT2D eigenvalue weighted by atomic mass is 10.1. The molecule has 134 valence electrons. The van der Waals surface area contributed by atoms with Gasteiger partial charge in [-0.3, -0.25) is 14.7 Å². The Hall–Kier alpha value is -2.57. The van der Waals surface area contributed by atoms with Crippen molar-refractivity contribution in [1.29, 1.82) is 0 Å². The monoisotopic (exact) mass is 350 g/mol. The fourth-order valence-electron chi connectivity index (χ4n) is 3.31. The molecule has 0 radical (unpaired) electrons. The third-order valence-corrected chi connectivity index (χ3v) is 4.87. The van der Waals surface area contributed by atoms with Gasteiger partial charge >= 0.3 is 0 Å². The smallest absolute Gasteiger partial charge is 0.181 e. The molecule has 0 saturated carbocycles. The van der Waals surface area contributed by atoms with E-state index in [1.54, 1.807) is 6.20 Å². The average Bonchev–Trinajstić information content (AvgIpc) is 3.18. The second-order valence-electron chi connectivity index (χ2n) is 6.90. The van der Waals surface area contributed by atoms with E-state index in [0.29, 0.717) is 13.0 Å². The van der Waals surface area contributed by atoms with Crippen molar-refractivity contribution in [3.8, 4) is 11.3 Å². The van der Waals surface area contributed by atoms with E-state index in [-0.39, 0.29) is 5.78 Å². The first-order valence-corrected chi connectivity index (χ1v) is 8.87. The van der Waals surface area contributed by atoms with Gasteiger partial charge in [0.25, 0.3) is 0 Å². The van der Waals surface area contributed by atoms with Gasteiger partial charge in [-0.1, -0.05) is 12.1 Å². The summed E-state index contributed by atoms with van der Waals surface area (Å²) in [6.45, 7) is 4.45. The number of hydrogen-bond acceptors (Lipinski definition) is 6. The Bertz CT molecular complexity index is 899. The van der Waals surface area contributed by atoms with Gasteiger partial charge in [0.1, 0.15) is 0 Å². The Kier molecular flexibility index (Phi) is 4.77. The van der Waals surface area contributed by atoms with Gasteiger partial charge in [0.2, 0.25) is 0 Å². The zero-order valence-electron chi connectivity index (χ0n) is 14.9. The summed E-state index contributed by atoms with van der Waals surface area (Å²) in [7, 11) is 2.12. The molecule has 1 saturated heterocycles. The Morgan fingerprint density at radius 3 is 2.73 bits per heavy atom. The first-order valence-electron chi connectivity index (χ1n) is 8.87. The molecule has 0 bridgehead atoms. The molecule has 1 fully saturated rings. The van der Waals surface area contributed by atoms with Crippen LogP contribution in [0.3, 0.4) is 0 Å². The average molecular weight is 350 g/mol. The number of oxazole rings is 1. The summed E-state index contributed by atoms with van der Waals surface area (Å²) in [5.41, 5.74) is 1.78. The molecule has 2 aromatic heterocycles. The summed E-state index contributed by atoms with van der Waals surface area (Å²) < 4.78 is 5.37. The fraction of sp³-hybridized carbons (Fsp3) is 0.350. The maximum absolute atomic E-state index is 12.4. The van der Waals surface area contributed by atoms with Crippen molar-refractivity contribution in [1.82, 2.24) is 19.8 Å². The maximum Gasteiger partial charge on any atom is 0.181 e. The number of carbonyl (C=O) groups excluding carboxylic acids is 1. The second-order valence-corrected chi connectivity index (χ2v) is 6.90. The highest BCUT2D eigenvalue weighted by Crippen LogP contribution is 2.24. The van der Waals surface area contributed by atoms with Gasteiger partial charge in [0, 0.05) is 49.0 Å². The summed E-state index contributed by atoms with van der Waals surface area (Å²) in [6, 6.07) is 8.04. The third kappa shape index (κ3) is 3.81. The predicted molar refractivity (Wildman–Crippen MR) is 99.9 cm³/mol. The number of ketones is 1. The van der Waals surface area contributed by atoms with Crippen LogP contribution < -0.4 is 0 Å². The van der Waals surface area contributed by atoms with Crippen LogP contribution in [0.5, 0.6) is 0 Å². The molecule has 1 aromatic carbocycles. The molecule has 0 aliphatic carbocycles. The van der Waals surface area contributed by atoms with Crippen LogP contribution in [-0.2, 0) is 11.2 Å². The molecular weight excluding hydrogens is 328 g/mol. The van der Waals surface area contributed by atoms with Crippen molar-refractivity contribution in [3.05, 3.63) is 48.7 Å². The Morgan fingerprint density at radius 1 is 1.12 bits per heavy atom. The number of hydrogen-bond donors (Lipinski definition) is 0. The molecule has 4 rings (SSSR count). The number of aromatic nitrogens is 2. The van der Waals surface area contributed by atoms with Crippen LogP contribution in [0.4, 0.5) is 0 Å². The molecule has 6 nitrogen and oxygen atoms in total. The van der Waals surface area contributed by atoms with E-state index < -0.39 is 0 Å². The molecule has 0 spiro atoms. The van der Waals surface area contributed by atoms with Gasteiger partial charge in [-0.2, -0.15) is 0 Å². The van der Waals surface area contributed by atoms with Crippen LogP contribution in [-0.4, -0.2) is 65.3 Å². The van der Waals surface area contributed by atoms with Crippen LogP contribution in [0.15, 0.2) is 47.5 Å². The van der Waals surface area contributed by atoms with Gasteiger partial charge in [0.05, 0.1) is 19.2 Å². The Morgan fingerprint density at radius 2 is 1.96 bits per heavy atom. The van der Waals surface area contributed by atoms with E-state index in [2.05, 4.69) is 26.8 Å². The number of nitrogens with zero attached hydrogens (tertiary/aromatic N) is 4. The summed E-state index contributed by atoms with van der Waals surface area (Å²) in [4.78, 5) is 25.4. The van der Waals surface area contributed by atoms with Crippen molar-refractivity contribution >= 4 is 16.6 Å². The highest BCUT2D eigenvalue weighted by molar-refractivity contribution is 5.88. The lowest BCUT2D eigenvalue weighted by molar-refractivity contribution is -0.120. The number of benzene rings is 1. The topological polar surface area (TPSA) is 62.5 Å². The zero-order valence-corrected chi connectivity index (χ0v) is 14.9. The minimum absolute atomic E-state index is 0.216. The third-order valence-electron chi connectivity index (χ3n) is 4.87. The van der Waals surface area contributed by atoms with E-state index >= 15 is 0 Å². The van der Waals surface area contributed by atoms with Crippen molar-refractivity contribution in [2.24, 2.45) is 0 Å². The van der Waals surface area contributed by atoms with Crippen molar-refractivity contribution in [3.63, 3.8) is 0 Å². The van der Waals surface area contributed by atoms with Crippen molar-refractivity contribution in [2.75, 3.05) is 39.8 Å².